The summed E-state index contributed by atoms with van der Waals surface area (Å²) < 4.78 is 15.3. The fourth-order valence-corrected chi connectivity index (χ4v) is 3.57. The number of hydrogen-bond donors (Lipinski definition) is 0. The molecule has 130 valence electrons. The van der Waals surface area contributed by atoms with E-state index in [0.717, 1.165) is 5.39 Å². The first-order chi connectivity index (χ1) is 12.6. The number of fused-ring (bicyclic) bond motifs is 3. The number of para-hydroxylation sites is 1. The van der Waals surface area contributed by atoms with Crippen molar-refractivity contribution in [1.29, 1.82) is 0 Å². The van der Waals surface area contributed by atoms with Crippen molar-refractivity contribution < 1.29 is 14.3 Å². The molecule has 0 aliphatic heterocycles. The monoisotopic (exact) mass is 367 g/mol. The zero-order chi connectivity index (χ0) is 18.1. The molecule has 26 heavy (non-hydrogen) atoms. The van der Waals surface area contributed by atoms with Crippen LogP contribution in [-0.2, 0) is 17.1 Å². The van der Waals surface area contributed by atoms with E-state index in [1.165, 1.54) is 17.8 Å². The maximum absolute atomic E-state index is 13.7. The number of halogens is 1. The first-order valence-electron chi connectivity index (χ1n) is 7.81. The van der Waals surface area contributed by atoms with Crippen LogP contribution >= 0.6 is 11.8 Å². The van der Waals surface area contributed by atoms with Gasteiger partial charge in [-0.25, -0.2) is 9.37 Å². The SMILES string of the molecule is O=C([O-])Cn1c2ccccc2c2nnc(SCc3ccccc3F)nc21. The van der Waals surface area contributed by atoms with E-state index in [1.807, 2.05) is 18.2 Å². The van der Waals surface area contributed by atoms with E-state index >= 15 is 0 Å². The molecule has 0 spiro atoms. The first kappa shape index (κ1) is 16.5. The van der Waals surface area contributed by atoms with Crippen LogP contribution in [0.3, 0.4) is 0 Å². The Hall–Kier alpha value is -3.00. The summed E-state index contributed by atoms with van der Waals surface area (Å²) in [6.07, 6.45) is 0. The highest BCUT2D eigenvalue weighted by molar-refractivity contribution is 7.98. The summed E-state index contributed by atoms with van der Waals surface area (Å²) in [5, 5.41) is 20.6. The molecule has 0 saturated carbocycles. The third-order valence-corrected chi connectivity index (χ3v) is 4.84. The molecule has 0 aliphatic rings. The van der Waals surface area contributed by atoms with Crippen molar-refractivity contribution in [2.75, 3.05) is 0 Å². The van der Waals surface area contributed by atoms with Crippen molar-refractivity contribution in [1.82, 2.24) is 19.7 Å². The topological polar surface area (TPSA) is 83.7 Å². The predicted octanol–water partition coefficient (Wildman–Crippen LogP) is 2.16. The molecule has 2 aromatic heterocycles. The minimum absolute atomic E-state index is 0.292. The molecule has 0 unspecified atom stereocenters. The molecule has 0 fully saturated rings. The number of aliphatic carboxylic acids is 1. The van der Waals surface area contributed by atoms with E-state index in [1.54, 1.807) is 28.8 Å². The van der Waals surface area contributed by atoms with Crippen molar-refractivity contribution >= 4 is 39.8 Å². The van der Waals surface area contributed by atoms with E-state index in [0.29, 0.717) is 33.2 Å². The average Bonchev–Trinajstić information content (AvgIpc) is 2.94. The zero-order valence-corrected chi connectivity index (χ0v) is 14.2. The third-order valence-electron chi connectivity index (χ3n) is 3.96. The summed E-state index contributed by atoms with van der Waals surface area (Å²) in [6, 6.07) is 13.8. The summed E-state index contributed by atoms with van der Waals surface area (Å²) in [4.78, 5) is 15.6. The van der Waals surface area contributed by atoms with Crippen molar-refractivity contribution in [3.63, 3.8) is 0 Å². The van der Waals surface area contributed by atoms with Crippen LogP contribution in [0, 0.1) is 5.82 Å². The van der Waals surface area contributed by atoms with E-state index in [2.05, 4.69) is 15.2 Å². The molecule has 0 radical (unpaired) electrons. The minimum atomic E-state index is -1.22. The Kier molecular flexibility index (Phi) is 4.26. The number of benzene rings is 2. The molecule has 0 N–H and O–H groups in total. The van der Waals surface area contributed by atoms with Gasteiger partial charge in [-0.1, -0.05) is 48.2 Å². The van der Waals surface area contributed by atoms with Crippen molar-refractivity contribution in [3.05, 3.63) is 59.9 Å². The Morgan fingerprint density at radius 2 is 1.88 bits per heavy atom. The smallest absolute Gasteiger partial charge is 0.211 e. The Morgan fingerprint density at radius 1 is 1.12 bits per heavy atom. The van der Waals surface area contributed by atoms with Gasteiger partial charge < -0.3 is 14.5 Å². The highest BCUT2D eigenvalue weighted by atomic mass is 32.2. The fraction of sp³-hybridized carbons (Fsp3) is 0.111. The lowest BCUT2D eigenvalue weighted by Gasteiger charge is -2.07. The molecular formula is C18H12FN4O2S-. The number of carboxylic acids is 1. The van der Waals surface area contributed by atoms with Crippen LogP contribution in [0.1, 0.15) is 5.56 Å². The molecule has 0 amide bonds. The number of hydrogen-bond acceptors (Lipinski definition) is 6. The van der Waals surface area contributed by atoms with Gasteiger partial charge in [-0.3, -0.25) is 0 Å². The van der Waals surface area contributed by atoms with Crippen molar-refractivity contribution in [3.8, 4) is 0 Å². The number of carbonyl (C=O) groups is 1. The molecule has 6 nitrogen and oxygen atoms in total. The lowest BCUT2D eigenvalue weighted by atomic mass is 10.2. The second-order valence-corrected chi connectivity index (χ2v) is 6.56. The standard InChI is InChI=1S/C18H13FN4O2S/c19-13-7-3-1-5-11(13)10-26-18-20-17-16(21-22-18)12-6-2-4-8-14(12)23(17)9-15(24)25/h1-8H,9-10H2,(H,24,25)/p-1. The summed E-state index contributed by atoms with van der Waals surface area (Å²) in [6.45, 7) is -0.333. The number of aromatic nitrogens is 4. The normalized spacial score (nSPS) is 11.3. The number of carboxylic acid groups (broad SMARTS) is 1. The van der Waals surface area contributed by atoms with Gasteiger partial charge in [0, 0.05) is 11.1 Å². The Morgan fingerprint density at radius 3 is 2.69 bits per heavy atom. The van der Waals surface area contributed by atoms with Crippen LogP contribution in [0.4, 0.5) is 4.39 Å². The maximum atomic E-state index is 13.7. The van der Waals surface area contributed by atoms with Crippen molar-refractivity contribution in [2.45, 2.75) is 17.5 Å². The van der Waals surface area contributed by atoms with Crippen LogP contribution in [0.15, 0.2) is 53.7 Å². The van der Waals surface area contributed by atoms with Gasteiger partial charge in [0.1, 0.15) is 11.3 Å². The number of carbonyl (C=O) groups excluding carboxylic acids is 1. The van der Waals surface area contributed by atoms with Crippen molar-refractivity contribution in [2.24, 2.45) is 0 Å². The highest BCUT2D eigenvalue weighted by Crippen LogP contribution is 2.28. The van der Waals surface area contributed by atoms with Gasteiger partial charge >= 0.3 is 0 Å². The molecule has 8 heteroatoms. The quantitative estimate of drug-likeness (QED) is 0.503. The van der Waals surface area contributed by atoms with Crippen LogP contribution in [0.25, 0.3) is 22.1 Å². The third kappa shape index (κ3) is 2.99. The Balaban J connectivity index is 1.75. The van der Waals surface area contributed by atoms with Gasteiger partial charge in [0.25, 0.3) is 0 Å². The van der Waals surface area contributed by atoms with Gasteiger partial charge in [0.05, 0.1) is 18.0 Å². The lowest BCUT2D eigenvalue weighted by Crippen LogP contribution is -2.27. The maximum Gasteiger partial charge on any atom is 0.211 e. The molecule has 2 heterocycles. The molecular weight excluding hydrogens is 355 g/mol. The largest absolute Gasteiger partial charge is 0.548 e. The minimum Gasteiger partial charge on any atom is -0.548 e. The first-order valence-corrected chi connectivity index (χ1v) is 8.80. The van der Waals surface area contributed by atoms with E-state index in [4.69, 9.17) is 0 Å². The van der Waals surface area contributed by atoms with Crippen LogP contribution in [-0.4, -0.2) is 25.7 Å². The van der Waals surface area contributed by atoms with E-state index < -0.39 is 5.97 Å². The van der Waals surface area contributed by atoms with E-state index in [9.17, 15) is 14.3 Å². The van der Waals surface area contributed by atoms with Gasteiger partial charge in [-0.2, -0.15) is 0 Å². The molecule has 4 rings (SSSR count). The molecule has 0 atom stereocenters. The van der Waals surface area contributed by atoms with Gasteiger partial charge in [0.2, 0.25) is 5.16 Å². The highest BCUT2D eigenvalue weighted by Gasteiger charge is 2.15. The molecule has 0 bridgehead atoms. The average molecular weight is 367 g/mol. The van der Waals surface area contributed by atoms with Crippen LogP contribution in [0.2, 0.25) is 0 Å². The molecule has 4 aromatic rings. The van der Waals surface area contributed by atoms with Crippen LogP contribution < -0.4 is 5.11 Å². The van der Waals surface area contributed by atoms with Gasteiger partial charge in [0.15, 0.2) is 5.65 Å². The molecule has 2 aromatic carbocycles. The summed E-state index contributed by atoms with van der Waals surface area (Å²) >= 11 is 1.24. The van der Waals surface area contributed by atoms with E-state index in [-0.39, 0.29) is 12.4 Å². The Labute approximate surface area is 151 Å². The number of nitrogens with zero attached hydrogens (tertiary/aromatic N) is 4. The second kappa shape index (κ2) is 6.72. The summed E-state index contributed by atoms with van der Waals surface area (Å²) in [7, 11) is 0. The number of thioether (sulfide) groups is 1. The summed E-state index contributed by atoms with van der Waals surface area (Å²) in [5.41, 5.74) is 2.18. The fourth-order valence-electron chi connectivity index (χ4n) is 2.80. The summed E-state index contributed by atoms with van der Waals surface area (Å²) in [5.74, 6) is -1.16. The molecule has 0 saturated heterocycles. The number of rotatable bonds is 5. The Bertz CT molecular complexity index is 1130. The zero-order valence-electron chi connectivity index (χ0n) is 13.4. The van der Waals surface area contributed by atoms with Gasteiger partial charge in [-0.15, -0.1) is 10.2 Å². The second-order valence-electron chi connectivity index (χ2n) is 5.62. The van der Waals surface area contributed by atoms with Crippen LogP contribution in [0.5, 0.6) is 0 Å². The lowest BCUT2D eigenvalue weighted by molar-refractivity contribution is -0.306. The predicted molar refractivity (Wildman–Crippen MR) is 93.8 cm³/mol. The van der Waals surface area contributed by atoms with Gasteiger partial charge in [-0.05, 0) is 17.7 Å². The molecule has 0 aliphatic carbocycles.